The average Bonchev–Trinajstić information content (AvgIpc) is 2.75. The van der Waals surface area contributed by atoms with Gasteiger partial charge in [0, 0.05) is 11.0 Å². The molecule has 0 saturated heterocycles. The molecule has 1 saturated carbocycles. The zero-order chi connectivity index (χ0) is 22.3. The van der Waals surface area contributed by atoms with Crippen LogP contribution in [-0.2, 0) is 19.2 Å². The predicted octanol–water partition coefficient (Wildman–Crippen LogP) is 3.51. The lowest BCUT2D eigenvalue weighted by molar-refractivity contribution is -0.130. The Hall–Kier alpha value is -3.04. The maximum atomic E-state index is 13.1. The number of carbonyl (C=O) groups excluding carboxylic acids is 3. The molecule has 0 atom stereocenters. The molecule has 2 amide bonds. The first-order chi connectivity index (χ1) is 14.7. The van der Waals surface area contributed by atoms with Crippen LogP contribution in [0.25, 0.3) is 10.8 Å². The first-order valence-corrected chi connectivity index (χ1v) is 11.4. The van der Waals surface area contributed by atoms with Crippen molar-refractivity contribution in [2.24, 2.45) is 0 Å². The Morgan fingerprint density at radius 1 is 1.06 bits per heavy atom. The standard InChI is InChI=1S/C22H21NO7S/c1-13(2)22(26)29-15-11-14-7-6-10-17-19(14)18(12-15)21(25)23(20(17)24)30-31(27,28)16-8-4-3-5-9-16/h6-7,10-12,16H,1,3-5,8-9H2,2H3. The van der Waals surface area contributed by atoms with Gasteiger partial charge in [0.2, 0.25) is 0 Å². The summed E-state index contributed by atoms with van der Waals surface area (Å²) in [5, 5.41) is 0.381. The van der Waals surface area contributed by atoms with Gasteiger partial charge >= 0.3 is 5.97 Å². The van der Waals surface area contributed by atoms with Crippen LogP contribution in [-0.4, -0.2) is 36.5 Å². The minimum atomic E-state index is -4.17. The summed E-state index contributed by atoms with van der Waals surface area (Å²) in [6, 6.07) is 7.57. The summed E-state index contributed by atoms with van der Waals surface area (Å²) in [5.74, 6) is -2.38. The molecule has 1 fully saturated rings. The van der Waals surface area contributed by atoms with Gasteiger partial charge in [-0.25, -0.2) is 4.79 Å². The van der Waals surface area contributed by atoms with Crippen LogP contribution in [0.15, 0.2) is 42.5 Å². The van der Waals surface area contributed by atoms with Crippen molar-refractivity contribution in [1.29, 1.82) is 0 Å². The number of ether oxygens (including phenoxy) is 1. The van der Waals surface area contributed by atoms with Crippen LogP contribution in [0.1, 0.15) is 59.7 Å². The third-order valence-electron chi connectivity index (χ3n) is 5.48. The molecule has 0 bridgehead atoms. The van der Waals surface area contributed by atoms with E-state index in [9.17, 15) is 22.8 Å². The Balaban J connectivity index is 1.74. The molecule has 162 valence electrons. The lowest BCUT2D eigenvalue weighted by Crippen LogP contribution is -2.44. The maximum Gasteiger partial charge on any atom is 0.338 e. The zero-order valence-electron chi connectivity index (χ0n) is 16.9. The molecule has 1 aliphatic heterocycles. The molecule has 0 aromatic heterocycles. The second-order valence-corrected chi connectivity index (χ2v) is 9.58. The van der Waals surface area contributed by atoms with Gasteiger partial charge < -0.3 is 4.74 Å². The van der Waals surface area contributed by atoms with Gasteiger partial charge in [-0.15, -0.1) is 9.35 Å². The zero-order valence-corrected chi connectivity index (χ0v) is 17.7. The Bertz CT molecular complexity index is 1230. The first-order valence-electron chi connectivity index (χ1n) is 9.95. The van der Waals surface area contributed by atoms with Crippen molar-refractivity contribution in [3.63, 3.8) is 0 Å². The molecule has 0 unspecified atom stereocenters. The highest BCUT2D eigenvalue weighted by atomic mass is 32.2. The number of benzene rings is 2. The van der Waals surface area contributed by atoms with Crippen molar-refractivity contribution in [3.05, 3.63) is 53.6 Å². The van der Waals surface area contributed by atoms with Gasteiger partial charge in [0.05, 0.1) is 16.4 Å². The molecule has 1 aliphatic carbocycles. The minimum Gasteiger partial charge on any atom is -0.423 e. The Labute approximate surface area is 179 Å². The van der Waals surface area contributed by atoms with Crippen LogP contribution in [0, 0.1) is 0 Å². The Morgan fingerprint density at radius 3 is 2.42 bits per heavy atom. The van der Waals surface area contributed by atoms with E-state index < -0.39 is 33.2 Å². The summed E-state index contributed by atoms with van der Waals surface area (Å²) in [5.41, 5.74) is 0.312. The third-order valence-corrected chi connectivity index (χ3v) is 7.12. The molecule has 2 aromatic carbocycles. The molecule has 4 rings (SSSR count). The van der Waals surface area contributed by atoms with E-state index in [1.807, 2.05) is 0 Å². The largest absolute Gasteiger partial charge is 0.423 e. The molecule has 2 aromatic rings. The van der Waals surface area contributed by atoms with Crippen molar-refractivity contribution in [1.82, 2.24) is 5.06 Å². The van der Waals surface area contributed by atoms with E-state index in [0.29, 0.717) is 28.7 Å². The van der Waals surface area contributed by atoms with Gasteiger partial charge in [0.15, 0.2) is 0 Å². The van der Waals surface area contributed by atoms with E-state index in [1.165, 1.54) is 25.1 Å². The van der Waals surface area contributed by atoms with Crippen LogP contribution >= 0.6 is 0 Å². The molecular formula is C22H21NO7S. The second-order valence-electron chi connectivity index (χ2n) is 7.78. The highest BCUT2D eigenvalue weighted by Gasteiger charge is 2.40. The van der Waals surface area contributed by atoms with Crippen molar-refractivity contribution < 1.29 is 31.8 Å². The Morgan fingerprint density at radius 2 is 1.74 bits per heavy atom. The molecule has 0 N–H and O–H groups in total. The number of imide groups is 1. The van der Waals surface area contributed by atoms with Crippen LogP contribution < -0.4 is 4.74 Å². The smallest absolute Gasteiger partial charge is 0.338 e. The fourth-order valence-corrected chi connectivity index (χ4v) is 5.27. The molecule has 0 spiro atoms. The summed E-state index contributed by atoms with van der Waals surface area (Å²) in [6.45, 7) is 5.01. The first kappa shape index (κ1) is 21.2. The molecule has 8 nitrogen and oxygen atoms in total. The third kappa shape index (κ3) is 3.86. The van der Waals surface area contributed by atoms with Crippen molar-refractivity contribution in [3.8, 4) is 5.75 Å². The van der Waals surface area contributed by atoms with Gasteiger partial charge in [-0.2, -0.15) is 8.42 Å². The Kier molecular flexibility index (Phi) is 5.40. The number of hydrogen-bond donors (Lipinski definition) is 0. The summed E-state index contributed by atoms with van der Waals surface area (Å²) in [4.78, 5) is 38.0. The van der Waals surface area contributed by atoms with E-state index in [1.54, 1.807) is 12.1 Å². The normalized spacial score (nSPS) is 17.1. The van der Waals surface area contributed by atoms with Crippen molar-refractivity contribution >= 4 is 38.7 Å². The van der Waals surface area contributed by atoms with Crippen LogP contribution in [0.4, 0.5) is 0 Å². The van der Waals surface area contributed by atoms with Crippen LogP contribution in [0.5, 0.6) is 5.75 Å². The van der Waals surface area contributed by atoms with Gasteiger partial charge in [-0.3, -0.25) is 9.59 Å². The highest BCUT2D eigenvalue weighted by Crippen LogP contribution is 2.35. The summed E-state index contributed by atoms with van der Waals surface area (Å²) >= 11 is 0. The number of hydrogen-bond acceptors (Lipinski definition) is 7. The summed E-state index contributed by atoms with van der Waals surface area (Å²) in [7, 11) is -4.17. The lowest BCUT2D eigenvalue weighted by Gasteiger charge is -2.28. The second kappa shape index (κ2) is 7.90. The van der Waals surface area contributed by atoms with E-state index in [2.05, 4.69) is 6.58 Å². The van der Waals surface area contributed by atoms with E-state index in [0.717, 1.165) is 19.3 Å². The molecule has 0 radical (unpaired) electrons. The van der Waals surface area contributed by atoms with Crippen LogP contribution in [0.2, 0.25) is 0 Å². The van der Waals surface area contributed by atoms with Gasteiger partial charge in [-0.1, -0.05) is 38.0 Å². The number of amides is 2. The lowest BCUT2D eigenvalue weighted by atomic mass is 9.95. The van der Waals surface area contributed by atoms with Gasteiger partial charge in [0.1, 0.15) is 5.75 Å². The molecule has 9 heteroatoms. The average molecular weight is 443 g/mol. The van der Waals surface area contributed by atoms with E-state index in [-0.39, 0.29) is 22.4 Å². The van der Waals surface area contributed by atoms with Gasteiger partial charge in [0.25, 0.3) is 21.9 Å². The van der Waals surface area contributed by atoms with Crippen LogP contribution in [0.3, 0.4) is 0 Å². The fourth-order valence-electron chi connectivity index (χ4n) is 3.90. The van der Waals surface area contributed by atoms with E-state index >= 15 is 0 Å². The predicted molar refractivity (Wildman–Crippen MR) is 112 cm³/mol. The highest BCUT2D eigenvalue weighted by molar-refractivity contribution is 7.87. The topological polar surface area (TPSA) is 107 Å². The van der Waals surface area contributed by atoms with E-state index in [4.69, 9.17) is 9.02 Å². The van der Waals surface area contributed by atoms with Gasteiger partial charge in [-0.05, 0) is 43.4 Å². The van der Waals surface area contributed by atoms with Crippen molar-refractivity contribution in [2.45, 2.75) is 44.3 Å². The summed E-state index contributed by atoms with van der Waals surface area (Å²) < 4.78 is 35.8. The number of rotatable bonds is 5. The quantitative estimate of drug-likeness (QED) is 0.301. The molecular weight excluding hydrogens is 422 g/mol. The molecule has 1 heterocycles. The number of nitrogens with zero attached hydrogens (tertiary/aromatic N) is 1. The maximum absolute atomic E-state index is 13.1. The number of hydroxylamine groups is 2. The monoisotopic (exact) mass is 443 g/mol. The molecule has 2 aliphatic rings. The summed E-state index contributed by atoms with van der Waals surface area (Å²) in [6.07, 6.45) is 3.27. The SMILES string of the molecule is C=C(C)C(=O)Oc1cc2c3c(cccc3c1)C(=O)N(OS(=O)(=O)C1CCCCC1)C2=O. The fraction of sp³-hybridized carbons (Fsp3) is 0.318. The number of carbonyl (C=O) groups is 3. The van der Waals surface area contributed by atoms with Crippen molar-refractivity contribution in [2.75, 3.05) is 0 Å². The minimum absolute atomic E-state index is 0.0102. The number of esters is 1. The molecule has 31 heavy (non-hydrogen) atoms.